The zero-order valence-corrected chi connectivity index (χ0v) is 10.8. The van der Waals surface area contributed by atoms with Gasteiger partial charge in [-0.15, -0.1) is 0 Å². The predicted octanol–water partition coefficient (Wildman–Crippen LogP) is 2.00. The summed E-state index contributed by atoms with van der Waals surface area (Å²) in [6, 6.07) is 11.0. The molecule has 3 N–H and O–H groups in total. The van der Waals surface area contributed by atoms with Gasteiger partial charge in [0.25, 0.3) is 0 Å². The molecule has 0 amide bonds. The Morgan fingerprint density at radius 1 is 1.50 bits per heavy atom. The molecule has 0 radical (unpaired) electrons. The third-order valence-electron chi connectivity index (χ3n) is 3.75. The maximum atomic E-state index is 8.60. The van der Waals surface area contributed by atoms with E-state index in [1.54, 1.807) is 0 Å². The van der Waals surface area contributed by atoms with Crippen molar-refractivity contribution >= 4 is 5.84 Å². The third-order valence-corrected chi connectivity index (χ3v) is 3.75. The number of rotatable bonds is 4. The van der Waals surface area contributed by atoms with E-state index in [1.807, 2.05) is 0 Å². The van der Waals surface area contributed by atoms with Crippen molar-refractivity contribution in [2.75, 3.05) is 13.1 Å². The molecule has 0 saturated carbocycles. The first-order valence-electron chi connectivity index (χ1n) is 6.46. The summed E-state index contributed by atoms with van der Waals surface area (Å²) in [7, 11) is 0. The summed E-state index contributed by atoms with van der Waals surface area (Å²) in [6.45, 7) is 4.27. The second-order valence-electron chi connectivity index (χ2n) is 5.04. The number of benzene rings is 1. The normalized spacial score (nSPS) is 23.2. The van der Waals surface area contributed by atoms with Crippen molar-refractivity contribution in [1.29, 1.82) is 0 Å². The van der Waals surface area contributed by atoms with Crippen LogP contribution in [0.25, 0.3) is 0 Å². The van der Waals surface area contributed by atoms with Crippen molar-refractivity contribution in [3.63, 3.8) is 0 Å². The predicted molar refractivity (Wildman–Crippen MR) is 72.9 cm³/mol. The molecule has 2 rings (SSSR count). The number of oxime groups is 1. The van der Waals surface area contributed by atoms with Crippen LogP contribution in [0.5, 0.6) is 0 Å². The Hall–Kier alpha value is -1.55. The van der Waals surface area contributed by atoms with Gasteiger partial charge in [-0.2, -0.15) is 0 Å². The van der Waals surface area contributed by atoms with E-state index < -0.39 is 0 Å². The van der Waals surface area contributed by atoms with Gasteiger partial charge in [0, 0.05) is 19.0 Å². The van der Waals surface area contributed by atoms with Gasteiger partial charge in [-0.25, -0.2) is 0 Å². The van der Waals surface area contributed by atoms with Gasteiger partial charge < -0.3 is 10.9 Å². The lowest BCUT2D eigenvalue weighted by Gasteiger charge is -2.23. The fourth-order valence-corrected chi connectivity index (χ4v) is 2.66. The summed E-state index contributed by atoms with van der Waals surface area (Å²) < 4.78 is 0. The van der Waals surface area contributed by atoms with Crippen LogP contribution in [0.4, 0.5) is 0 Å². The minimum atomic E-state index is 0.311. The minimum absolute atomic E-state index is 0.311. The Labute approximate surface area is 108 Å². The maximum Gasteiger partial charge on any atom is 0.140 e. The van der Waals surface area contributed by atoms with Crippen LogP contribution in [0, 0.1) is 0 Å². The van der Waals surface area contributed by atoms with Crippen LogP contribution in [0.15, 0.2) is 35.5 Å². The van der Waals surface area contributed by atoms with Crippen molar-refractivity contribution in [3.05, 3.63) is 35.9 Å². The van der Waals surface area contributed by atoms with Crippen LogP contribution in [0.1, 0.15) is 31.2 Å². The Morgan fingerprint density at radius 2 is 2.22 bits per heavy atom. The Kier molecular flexibility index (Phi) is 4.20. The molecule has 1 fully saturated rings. The van der Waals surface area contributed by atoms with Gasteiger partial charge in [0.15, 0.2) is 0 Å². The molecule has 1 saturated heterocycles. The fraction of sp³-hybridized carbons (Fsp3) is 0.500. The summed E-state index contributed by atoms with van der Waals surface area (Å²) in [6.07, 6.45) is 1.81. The lowest BCUT2D eigenvalue weighted by atomic mass is 9.99. The summed E-state index contributed by atoms with van der Waals surface area (Å²) >= 11 is 0. The molecule has 0 aromatic heterocycles. The molecule has 1 aliphatic heterocycles. The number of likely N-dealkylation sites (tertiary alicyclic amines) is 1. The monoisotopic (exact) mass is 247 g/mol. The van der Waals surface area contributed by atoms with Crippen molar-refractivity contribution in [2.24, 2.45) is 10.9 Å². The largest absolute Gasteiger partial charge is 0.409 e. The van der Waals surface area contributed by atoms with E-state index in [0.29, 0.717) is 24.2 Å². The van der Waals surface area contributed by atoms with Crippen LogP contribution in [-0.2, 0) is 0 Å². The highest BCUT2D eigenvalue weighted by Crippen LogP contribution is 2.28. The smallest absolute Gasteiger partial charge is 0.140 e. The zero-order chi connectivity index (χ0) is 13.0. The SMILES string of the molecule is CC(CC(N)=NO)N1CCC(c2ccccc2)C1. The number of amidine groups is 1. The van der Waals surface area contributed by atoms with Gasteiger partial charge in [0.05, 0.1) is 0 Å². The number of hydrogen-bond donors (Lipinski definition) is 2. The molecular weight excluding hydrogens is 226 g/mol. The lowest BCUT2D eigenvalue weighted by molar-refractivity contribution is 0.257. The summed E-state index contributed by atoms with van der Waals surface area (Å²) in [4.78, 5) is 2.41. The topological polar surface area (TPSA) is 61.9 Å². The molecule has 18 heavy (non-hydrogen) atoms. The molecule has 4 heteroatoms. The van der Waals surface area contributed by atoms with E-state index in [0.717, 1.165) is 13.1 Å². The van der Waals surface area contributed by atoms with E-state index in [-0.39, 0.29) is 0 Å². The van der Waals surface area contributed by atoms with Gasteiger partial charge in [-0.05, 0) is 31.4 Å². The zero-order valence-electron chi connectivity index (χ0n) is 10.8. The van der Waals surface area contributed by atoms with Crippen molar-refractivity contribution < 1.29 is 5.21 Å². The molecule has 2 unspecified atom stereocenters. The number of nitrogens with two attached hydrogens (primary N) is 1. The maximum absolute atomic E-state index is 8.60. The van der Waals surface area contributed by atoms with E-state index in [4.69, 9.17) is 10.9 Å². The van der Waals surface area contributed by atoms with Crippen molar-refractivity contribution in [2.45, 2.75) is 31.7 Å². The van der Waals surface area contributed by atoms with Crippen molar-refractivity contribution in [3.8, 4) is 0 Å². The highest BCUT2D eigenvalue weighted by Gasteiger charge is 2.27. The highest BCUT2D eigenvalue weighted by atomic mass is 16.4. The Balaban J connectivity index is 1.92. The second-order valence-corrected chi connectivity index (χ2v) is 5.04. The molecule has 0 bridgehead atoms. The van der Waals surface area contributed by atoms with Gasteiger partial charge in [-0.3, -0.25) is 4.90 Å². The lowest BCUT2D eigenvalue weighted by Crippen LogP contribution is -2.34. The van der Waals surface area contributed by atoms with Gasteiger partial charge in [-0.1, -0.05) is 35.5 Å². The standard InChI is InChI=1S/C14H21N3O/c1-11(9-14(15)16-18)17-8-7-13(10-17)12-5-3-2-4-6-12/h2-6,11,13,18H,7-10H2,1H3,(H2,15,16). The average molecular weight is 247 g/mol. The average Bonchev–Trinajstić information content (AvgIpc) is 2.89. The Bertz CT molecular complexity index is 405. The molecular formula is C14H21N3O. The van der Waals surface area contributed by atoms with Crippen LogP contribution in [0.2, 0.25) is 0 Å². The van der Waals surface area contributed by atoms with E-state index in [1.165, 1.54) is 12.0 Å². The third kappa shape index (κ3) is 3.01. The van der Waals surface area contributed by atoms with E-state index >= 15 is 0 Å². The second kappa shape index (κ2) is 5.87. The first kappa shape index (κ1) is 12.9. The van der Waals surface area contributed by atoms with Gasteiger partial charge >= 0.3 is 0 Å². The fourth-order valence-electron chi connectivity index (χ4n) is 2.66. The molecule has 4 nitrogen and oxygen atoms in total. The molecule has 1 aromatic carbocycles. The van der Waals surface area contributed by atoms with Gasteiger partial charge in [0.1, 0.15) is 5.84 Å². The van der Waals surface area contributed by atoms with Crippen LogP contribution < -0.4 is 5.73 Å². The number of hydrogen-bond acceptors (Lipinski definition) is 3. The first-order chi connectivity index (χ1) is 8.70. The molecule has 2 atom stereocenters. The number of nitrogens with zero attached hydrogens (tertiary/aromatic N) is 2. The van der Waals surface area contributed by atoms with E-state index in [9.17, 15) is 0 Å². The van der Waals surface area contributed by atoms with Crippen molar-refractivity contribution in [1.82, 2.24) is 4.90 Å². The summed E-state index contributed by atoms with van der Waals surface area (Å²) in [5.74, 6) is 0.923. The molecule has 1 heterocycles. The quantitative estimate of drug-likeness (QED) is 0.370. The Morgan fingerprint density at radius 3 is 2.89 bits per heavy atom. The van der Waals surface area contributed by atoms with E-state index in [2.05, 4.69) is 47.3 Å². The van der Waals surface area contributed by atoms with Crippen LogP contribution in [0.3, 0.4) is 0 Å². The highest BCUT2D eigenvalue weighted by molar-refractivity contribution is 5.80. The molecule has 0 spiro atoms. The van der Waals surface area contributed by atoms with Crippen LogP contribution in [-0.4, -0.2) is 35.1 Å². The summed E-state index contributed by atoms with van der Waals surface area (Å²) in [5, 5.41) is 11.6. The molecule has 1 aliphatic rings. The van der Waals surface area contributed by atoms with Gasteiger partial charge in [0.2, 0.25) is 0 Å². The van der Waals surface area contributed by atoms with Crippen LogP contribution >= 0.6 is 0 Å². The molecule has 98 valence electrons. The minimum Gasteiger partial charge on any atom is -0.409 e. The first-order valence-corrected chi connectivity index (χ1v) is 6.46. The molecule has 1 aromatic rings. The summed E-state index contributed by atoms with van der Waals surface area (Å²) in [5.41, 5.74) is 6.97. The molecule has 0 aliphatic carbocycles.